The molecule has 0 aromatic carbocycles. The van der Waals surface area contributed by atoms with Gasteiger partial charge in [-0.25, -0.2) is 0 Å². The summed E-state index contributed by atoms with van der Waals surface area (Å²) in [6, 6.07) is 0.167. The van der Waals surface area contributed by atoms with Crippen LogP contribution in [0.1, 0.15) is 26.7 Å². The molecule has 0 radical (unpaired) electrons. The number of carbonyl (C=O) groups is 1. The van der Waals surface area contributed by atoms with E-state index in [0.717, 1.165) is 30.7 Å². The Kier molecular flexibility index (Phi) is 3.70. The van der Waals surface area contributed by atoms with Gasteiger partial charge < -0.3 is 9.64 Å². The molecule has 2 unspecified atom stereocenters. The van der Waals surface area contributed by atoms with Crippen molar-refractivity contribution >= 4 is 11.6 Å². The molecule has 0 N–H and O–H groups in total. The molecule has 0 aromatic rings. The Bertz CT molecular complexity index is 584. The summed E-state index contributed by atoms with van der Waals surface area (Å²) in [5.41, 5.74) is 4.99. The summed E-state index contributed by atoms with van der Waals surface area (Å²) in [5, 5.41) is 0. The van der Waals surface area contributed by atoms with Gasteiger partial charge in [0.15, 0.2) is 0 Å². The molecule has 21 heavy (non-hydrogen) atoms. The summed E-state index contributed by atoms with van der Waals surface area (Å²) in [5.74, 6) is 0.547. The van der Waals surface area contributed by atoms with Crippen molar-refractivity contribution in [3.05, 3.63) is 35.1 Å². The van der Waals surface area contributed by atoms with Crippen molar-refractivity contribution in [3.8, 4) is 0 Å². The second-order valence-electron chi connectivity index (χ2n) is 5.85. The van der Waals surface area contributed by atoms with Crippen molar-refractivity contribution in [2.24, 2.45) is 10.9 Å². The van der Waals surface area contributed by atoms with Gasteiger partial charge in [0.2, 0.25) is 5.91 Å². The van der Waals surface area contributed by atoms with E-state index in [1.54, 1.807) is 14.0 Å². The van der Waals surface area contributed by atoms with Gasteiger partial charge in [-0.1, -0.05) is 13.0 Å². The third-order valence-corrected chi connectivity index (χ3v) is 4.61. The molecule has 112 valence electrons. The molecule has 2 atom stereocenters. The second-order valence-corrected chi connectivity index (χ2v) is 5.85. The monoisotopic (exact) mass is 286 g/mol. The fourth-order valence-corrected chi connectivity index (χ4v) is 3.49. The molecule has 0 aromatic heterocycles. The number of piperidine rings is 1. The zero-order chi connectivity index (χ0) is 15.0. The van der Waals surface area contributed by atoms with Crippen LogP contribution in [0.4, 0.5) is 0 Å². The van der Waals surface area contributed by atoms with E-state index >= 15 is 0 Å². The molecule has 2 heterocycles. The van der Waals surface area contributed by atoms with Crippen LogP contribution in [0.25, 0.3) is 0 Å². The maximum Gasteiger partial charge on any atom is 0.219 e. The maximum atomic E-state index is 11.6. The standard InChI is InChI=1S/C17H22N2O2/c1-4-12-8-16-15(7-13(12)10-21-3)14-5-6-19(11(2)20)9-17(14)18-16/h7-8,10,14,16H,4-6,9H2,1-3H3. The second kappa shape index (κ2) is 5.51. The third kappa shape index (κ3) is 2.43. The number of ether oxygens (including phenoxy) is 1. The van der Waals surface area contributed by atoms with E-state index in [2.05, 4.69) is 19.1 Å². The fourth-order valence-electron chi connectivity index (χ4n) is 3.49. The van der Waals surface area contributed by atoms with Gasteiger partial charge in [-0.3, -0.25) is 9.79 Å². The summed E-state index contributed by atoms with van der Waals surface area (Å²) >= 11 is 0. The predicted octanol–water partition coefficient (Wildman–Crippen LogP) is 2.48. The molecule has 2 aliphatic heterocycles. The minimum absolute atomic E-state index is 0.143. The van der Waals surface area contributed by atoms with Gasteiger partial charge in [-0.15, -0.1) is 0 Å². The number of amides is 1. The highest BCUT2D eigenvalue weighted by molar-refractivity contribution is 5.97. The lowest BCUT2D eigenvalue weighted by molar-refractivity contribution is -0.128. The van der Waals surface area contributed by atoms with Gasteiger partial charge in [0.1, 0.15) is 0 Å². The first-order valence-electron chi connectivity index (χ1n) is 7.61. The lowest BCUT2D eigenvalue weighted by Crippen LogP contribution is -2.42. The van der Waals surface area contributed by atoms with Crippen molar-refractivity contribution in [2.75, 3.05) is 20.2 Å². The number of hydrogen-bond acceptors (Lipinski definition) is 3. The van der Waals surface area contributed by atoms with Crippen LogP contribution in [-0.4, -0.2) is 42.8 Å². The number of methoxy groups -OCH3 is 1. The predicted molar refractivity (Wildman–Crippen MR) is 83.1 cm³/mol. The first kappa shape index (κ1) is 14.1. The Morgan fingerprint density at radius 2 is 2.38 bits per heavy atom. The Morgan fingerprint density at radius 3 is 3.05 bits per heavy atom. The number of rotatable bonds is 2. The lowest BCUT2D eigenvalue weighted by atomic mass is 9.82. The number of aliphatic imine (C=N–C) groups is 1. The van der Waals surface area contributed by atoms with E-state index in [9.17, 15) is 4.79 Å². The van der Waals surface area contributed by atoms with E-state index in [0.29, 0.717) is 12.5 Å². The zero-order valence-electron chi connectivity index (χ0n) is 12.9. The van der Waals surface area contributed by atoms with Crippen molar-refractivity contribution < 1.29 is 9.53 Å². The number of fused-ring (bicyclic) bond motifs is 3. The quantitative estimate of drug-likeness (QED) is 0.732. The van der Waals surface area contributed by atoms with Crippen LogP contribution in [0.5, 0.6) is 0 Å². The first-order chi connectivity index (χ1) is 10.1. The molecule has 0 bridgehead atoms. The summed E-state index contributed by atoms with van der Waals surface area (Å²) in [7, 11) is 1.69. The van der Waals surface area contributed by atoms with Crippen molar-refractivity contribution in [1.29, 1.82) is 0 Å². The number of allylic oxidation sites excluding steroid dienone is 3. The Balaban J connectivity index is 1.90. The SMILES string of the molecule is CCC1=CC2N=C3CN(C(C)=O)CCC3C2=CC1=COC. The minimum Gasteiger partial charge on any atom is -0.504 e. The minimum atomic E-state index is 0.143. The lowest BCUT2D eigenvalue weighted by Gasteiger charge is -2.31. The molecule has 1 aliphatic carbocycles. The van der Waals surface area contributed by atoms with E-state index in [1.165, 1.54) is 11.1 Å². The van der Waals surface area contributed by atoms with Gasteiger partial charge >= 0.3 is 0 Å². The van der Waals surface area contributed by atoms with Crippen LogP contribution in [0, 0.1) is 5.92 Å². The largest absolute Gasteiger partial charge is 0.504 e. The van der Waals surface area contributed by atoms with Crippen LogP contribution >= 0.6 is 0 Å². The first-order valence-corrected chi connectivity index (χ1v) is 7.61. The fraction of sp³-hybridized carbons (Fsp3) is 0.529. The highest BCUT2D eigenvalue weighted by Crippen LogP contribution is 2.39. The summed E-state index contributed by atoms with van der Waals surface area (Å²) in [6.07, 6.45) is 8.28. The number of carbonyl (C=O) groups excluding carboxylic acids is 1. The number of likely N-dealkylation sites (tertiary alicyclic amines) is 1. The summed E-state index contributed by atoms with van der Waals surface area (Å²) in [6.45, 7) is 5.31. The van der Waals surface area contributed by atoms with Crippen molar-refractivity contribution in [1.82, 2.24) is 4.90 Å². The Labute approximate surface area is 125 Å². The topological polar surface area (TPSA) is 41.9 Å². The average molecular weight is 286 g/mol. The highest BCUT2D eigenvalue weighted by Gasteiger charge is 2.38. The smallest absolute Gasteiger partial charge is 0.219 e. The van der Waals surface area contributed by atoms with Crippen molar-refractivity contribution in [2.45, 2.75) is 32.7 Å². The maximum absolute atomic E-state index is 11.6. The molecule has 1 saturated heterocycles. The van der Waals surface area contributed by atoms with E-state index in [4.69, 9.17) is 9.73 Å². The van der Waals surface area contributed by atoms with E-state index in [-0.39, 0.29) is 11.9 Å². The molecule has 0 spiro atoms. The normalized spacial score (nSPS) is 29.4. The molecule has 0 saturated carbocycles. The molecule has 1 fully saturated rings. The van der Waals surface area contributed by atoms with E-state index in [1.807, 2.05) is 11.2 Å². The molecular formula is C17H22N2O2. The third-order valence-electron chi connectivity index (χ3n) is 4.61. The number of hydrogen-bond donors (Lipinski definition) is 0. The zero-order valence-corrected chi connectivity index (χ0v) is 12.9. The highest BCUT2D eigenvalue weighted by atomic mass is 16.5. The number of nitrogens with zero attached hydrogens (tertiary/aromatic N) is 2. The van der Waals surface area contributed by atoms with Crippen LogP contribution < -0.4 is 0 Å². The Morgan fingerprint density at radius 1 is 1.57 bits per heavy atom. The molecule has 3 aliphatic rings. The van der Waals surface area contributed by atoms with Gasteiger partial charge in [0, 0.05) is 30.7 Å². The summed E-state index contributed by atoms with van der Waals surface area (Å²) < 4.78 is 5.21. The Hall–Kier alpha value is -1.84. The molecule has 3 rings (SSSR count). The molecule has 4 nitrogen and oxygen atoms in total. The van der Waals surface area contributed by atoms with Crippen molar-refractivity contribution in [3.63, 3.8) is 0 Å². The van der Waals surface area contributed by atoms with Gasteiger partial charge in [0.05, 0.1) is 26.0 Å². The van der Waals surface area contributed by atoms with Crippen LogP contribution in [0.2, 0.25) is 0 Å². The van der Waals surface area contributed by atoms with E-state index < -0.39 is 0 Å². The van der Waals surface area contributed by atoms with Gasteiger partial charge in [0.25, 0.3) is 0 Å². The summed E-state index contributed by atoms with van der Waals surface area (Å²) in [4.78, 5) is 18.3. The average Bonchev–Trinajstić information content (AvgIpc) is 2.83. The van der Waals surface area contributed by atoms with Gasteiger partial charge in [-0.2, -0.15) is 0 Å². The molecule has 4 heteroatoms. The van der Waals surface area contributed by atoms with Gasteiger partial charge in [-0.05, 0) is 30.1 Å². The van der Waals surface area contributed by atoms with Crippen LogP contribution in [-0.2, 0) is 9.53 Å². The molecular weight excluding hydrogens is 264 g/mol. The molecule has 1 amide bonds. The van der Waals surface area contributed by atoms with Crippen LogP contribution in [0.15, 0.2) is 40.1 Å². The van der Waals surface area contributed by atoms with Crippen LogP contribution in [0.3, 0.4) is 0 Å².